The van der Waals surface area contributed by atoms with Crippen molar-refractivity contribution in [1.82, 2.24) is 4.98 Å². The molecular formula is C12H19NO. The smallest absolute Gasteiger partial charge is 0.0512 e. The molecule has 1 aromatic rings. The van der Waals surface area contributed by atoms with E-state index in [1.54, 1.807) is 0 Å². The van der Waals surface area contributed by atoms with Crippen molar-refractivity contribution in [1.29, 1.82) is 0 Å². The Kier molecular flexibility index (Phi) is 4.60. The summed E-state index contributed by atoms with van der Waals surface area (Å²) in [6.45, 7) is 3.94. The monoisotopic (exact) mass is 193 g/mol. The van der Waals surface area contributed by atoms with E-state index in [0.717, 1.165) is 31.4 Å². The van der Waals surface area contributed by atoms with Gasteiger partial charge >= 0.3 is 0 Å². The Balaban J connectivity index is 2.36. The highest BCUT2D eigenvalue weighted by atomic mass is 16.3. The van der Waals surface area contributed by atoms with Crippen molar-refractivity contribution in [3.8, 4) is 0 Å². The normalized spacial score (nSPS) is 12.8. The molecule has 0 aliphatic heterocycles. The van der Waals surface area contributed by atoms with Crippen LogP contribution in [0.25, 0.3) is 0 Å². The summed E-state index contributed by atoms with van der Waals surface area (Å²) in [5, 5.41) is 9.10. The largest absolute Gasteiger partial charge is 0.393 e. The fraction of sp³-hybridized carbons (Fsp3) is 0.583. The van der Waals surface area contributed by atoms with Gasteiger partial charge in [0.25, 0.3) is 0 Å². The number of hydrogen-bond donors (Lipinski definition) is 1. The van der Waals surface area contributed by atoms with Crippen molar-refractivity contribution in [3.63, 3.8) is 0 Å². The number of aryl methyl sites for hydroxylation is 2. The summed E-state index contributed by atoms with van der Waals surface area (Å²) in [5.41, 5.74) is 2.41. The topological polar surface area (TPSA) is 33.1 Å². The van der Waals surface area contributed by atoms with Crippen LogP contribution in [-0.4, -0.2) is 16.2 Å². The second-order valence-electron chi connectivity index (χ2n) is 3.75. The van der Waals surface area contributed by atoms with E-state index in [9.17, 15) is 0 Å². The van der Waals surface area contributed by atoms with Gasteiger partial charge in [-0.3, -0.25) is 4.98 Å². The zero-order valence-electron chi connectivity index (χ0n) is 9.03. The fourth-order valence-electron chi connectivity index (χ4n) is 1.41. The predicted octanol–water partition coefficient (Wildman–Crippen LogP) is 2.35. The van der Waals surface area contributed by atoms with Crippen LogP contribution >= 0.6 is 0 Å². The van der Waals surface area contributed by atoms with Gasteiger partial charge in [0.1, 0.15) is 0 Å². The molecule has 0 aromatic carbocycles. The Labute approximate surface area is 86.0 Å². The number of aliphatic hydroxyl groups excluding tert-OH is 1. The maximum absolute atomic E-state index is 9.10. The number of nitrogens with zero attached hydrogens (tertiary/aromatic N) is 1. The van der Waals surface area contributed by atoms with E-state index in [-0.39, 0.29) is 6.10 Å². The molecule has 0 amide bonds. The summed E-state index contributed by atoms with van der Waals surface area (Å²) in [6.07, 6.45) is 5.68. The number of rotatable bonds is 5. The lowest BCUT2D eigenvalue weighted by Crippen LogP contribution is -2.00. The highest BCUT2D eigenvalue weighted by Gasteiger charge is 1.98. The zero-order chi connectivity index (χ0) is 10.4. The van der Waals surface area contributed by atoms with Gasteiger partial charge in [0.2, 0.25) is 0 Å². The molecule has 0 spiro atoms. The zero-order valence-corrected chi connectivity index (χ0v) is 9.03. The van der Waals surface area contributed by atoms with Gasteiger partial charge in [-0.1, -0.05) is 13.0 Å². The number of pyridine rings is 1. The number of aromatic nitrogens is 1. The van der Waals surface area contributed by atoms with E-state index in [2.05, 4.69) is 24.0 Å². The molecule has 0 saturated carbocycles. The Hall–Kier alpha value is -0.890. The van der Waals surface area contributed by atoms with Gasteiger partial charge in [0.05, 0.1) is 6.10 Å². The van der Waals surface area contributed by atoms with Gasteiger partial charge in [-0.2, -0.15) is 0 Å². The van der Waals surface area contributed by atoms with Crippen molar-refractivity contribution in [3.05, 3.63) is 29.6 Å². The lowest BCUT2D eigenvalue weighted by molar-refractivity contribution is 0.181. The van der Waals surface area contributed by atoms with Gasteiger partial charge in [-0.25, -0.2) is 0 Å². The van der Waals surface area contributed by atoms with Crippen molar-refractivity contribution in [2.45, 2.75) is 45.6 Å². The lowest BCUT2D eigenvalue weighted by atomic mass is 10.1. The van der Waals surface area contributed by atoms with Crippen LogP contribution in [0.15, 0.2) is 18.3 Å². The summed E-state index contributed by atoms with van der Waals surface area (Å²) in [5.74, 6) is 0. The molecule has 0 aliphatic carbocycles. The molecule has 1 N–H and O–H groups in total. The third-order valence-electron chi connectivity index (χ3n) is 2.34. The van der Waals surface area contributed by atoms with E-state index < -0.39 is 0 Å². The molecule has 2 heteroatoms. The first-order valence-electron chi connectivity index (χ1n) is 5.34. The first kappa shape index (κ1) is 11.2. The fourth-order valence-corrected chi connectivity index (χ4v) is 1.41. The second kappa shape index (κ2) is 5.76. The minimum Gasteiger partial charge on any atom is -0.393 e. The number of hydrogen-bond acceptors (Lipinski definition) is 2. The SMILES string of the molecule is CCc1ccc(CCCC(C)O)cn1. The molecule has 1 aromatic heterocycles. The van der Waals surface area contributed by atoms with Crippen LogP contribution in [-0.2, 0) is 12.8 Å². The molecule has 2 nitrogen and oxygen atoms in total. The molecular weight excluding hydrogens is 174 g/mol. The van der Waals surface area contributed by atoms with E-state index in [0.29, 0.717) is 0 Å². The molecule has 1 rings (SSSR count). The molecule has 0 radical (unpaired) electrons. The van der Waals surface area contributed by atoms with E-state index in [4.69, 9.17) is 5.11 Å². The Bertz CT molecular complexity index is 254. The molecule has 1 atom stereocenters. The first-order chi connectivity index (χ1) is 6.72. The van der Waals surface area contributed by atoms with Gasteiger partial charge in [0.15, 0.2) is 0 Å². The van der Waals surface area contributed by atoms with E-state index in [1.807, 2.05) is 13.1 Å². The maximum Gasteiger partial charge on any atom is 0.0512 e. The van der Waals surface area contributed by atoms with Crippen LogP contribution in [0.1, 0.15) is 37.9 Å². The van der Waals surface area contributed by atoms with Crippen LogP contribution in [0.4, 0.5) is 0 Å². The summed E-state index contributed by atoms with van der Waals surface area (Å²) < 4.78 is 0. The molecule has 14 heavy (non-hydrogen) atoms. The molecule has 0 bridgehead atoms. The average Bonchev–Trinajstić information content (AvgIpc) is 2.18. The Morgan fingerprint density at radius 3 is 2.71 bits per heavy atom. The first-order valence-corrected chi connectivity index (χ1v) is 5.34. The maximum atomic E-state index is 9.10. The van der Waals surface area contributed by atoms with Gasteiger partial charge in [-0.15, -0.1) is 0 Å². The standard InChI is InChI=1S/C12H19NO/c1-3-12-8-7-11(9-13-12)6-4-5-10(2)14/h7-10,14H,3-6H2,1-2H3. The quantitative estimate of drug-likeness (QED) is 0.778. The van der Waals surface area contributed by atoms with Gasteiger partial charge in [0, 0.05) is 11.9 Å². The molecule has 78 valence electrons. The second-order valence-corrected chi connectivity index (χ2v) is 3.75. The number of aliphatic hydroxyl groups is 1. The molecule has 0 aliphatic rings. The summed E-state index contributed by atoms with van der Waals surface area (Å²) >= 11 is 0. The highest BCUT2D eigenvalue weighted by molar-refractivity contribution is 5.14. The molecule has 0 fully saturated rings. The van der Waals surface area contributed by atoms with Gasteiger partial charge < -0.3 is 5.11 Å². The predicted molar refractivity (Wildman–Crippen MR) is 58.2 cm³/mol. The molecule has 0 saturated heterocycles. The third kappa shape index (κ3) is 3.88. The van der Waals surface area contributed by atoms with Gasteiger partial charge in [-0.05, 0) is 44.2 Å². The summed E-state index contributed by atoms with van der Waals surface area (Å²) in [4.78, 5) is 4.33. The van der Waals surface area contributed by atoms with E-state index in [1.165, 1.54) is 5.56 Å². The molecule has 1 heterocycles. The third-order valence-corrected chi connectivity index (χ3v) is 2.34. The van der Waals surface area contributed by atoms with Crippen LogP contribution in [0.2, 0.25) is 0 Å². The van der Waals surface area contributed by atoms with Crippen molar-refractivity contribution in [2.24, 2.45) is 0 Å². The summed E-state index contributed by atoms with van der Waals surface area (Å²) in [6, 6.07) is 4.21. The minimum atomic E-state index is -0.183. The Morgan fingerprint density at radius 2 is 2.21 bits per heavy atom. The highest BCUT2D eigenvalue weighted by Crippen LogP contribution is 2.06. The van der Waals surface area contributed by atoms with Crippen molar-refractivity contribution < 1.29 is 5.11 Å². The van der Waals surface area contributed by atoms with Crippen molar-refractivity contribution >= 4 is 0 Å². The Morgan fingerprint density at radius 1 is 1.43 bits per heavy atom. The van der Waals surface area contributed by atoms with Crippen LogP contribution in [0, 0.1) is 0 Å². The van der Waals surface area contributed by atoms with Crippen LogP contribution < -0.4 is 0 Å². The van der Waals surface area contributed by atoms with E-state index >= 15 is 0 Å². The summed E-state index contributed by atoms with van der Waals surface area (Å²) in [7, 11) is 0. The van der Waals surface area contributed by atoms with Crippen LogP contribution in [0.5, 0.6) is 0 Å². The lowest BCUT2D eigenvalue weighted by Gasteiger charge is -2.04. The molecule has 1 unspecified atom stereocenters. The minimum absolute atomic E-state index is 0.183. The average molecular weight is 193 g/mol. The van der Waals surface area contributed by atoms with Crippen molar-refractivity contribution in [2.75, 3.05) is 0 Å². The van der Waals surface area contributed by atoms with Crippen LogP contribution in [0.3, 0.4) is 0 Å².